The average molecular weight is 242 g/mol. The maximum absolute atomic E-state index is 12.2. The van der Waals surface area contributed by atoms with Crippen molar-refractivity contribution >= 4 is 15.6 Å². The number of fused-ring (bicyclic) bond motifs is 2. The minimum absolute atomic E-state index is 0.118. The van der Waals surface area contributed by atoms with Gasteiger partial charge in [0.1, 0.15) is 5.78 Å². The van der Waals surface area contributed by atoms with Gasteiger partial charge in [0.25, 0.3) is 0 Å². The minimum atomic E-state index is -2.99. The van der Waals surface area contributed by atoms with Crippen LogP contribution in [0.25, 0.3) is 0 Å². The smallest absolute Gasteiger partial charge is 0.159 e. The van der Waals surface area contributed by atoms with Crippen LogP contribution in [0.4, 0.5) is 0 Å². The highest BCUT2D eigenvalue weighted by Gasteiger charge is 2.77. The summed E-state index contributed by atoms with van der Waals surface area (Å²) in [5.74, 6) is 0.620. The Balaban J connectivity index is 2.15. The van der Waals surface area contributed by atoms with Gasteiger partial charge in [-0.2, -0.15) is 0 Å². The zero-order valence-electron chi connectivity index (χ0n) is 9.99. The topological polar surface area (TPSA) is 51.2 Å². The first kappa shape index (κ1) is 10.8. The Morgan fingerprint density at radius 1 is 1.31 bits per heavy atom. The van der Waals surface area contributed by atoms with Crippen molar-refractivity contribution in [1.82, 2.24) is 0 Å². The van der Waals surface area contributed by atoms with Crippen LogP contribution in [0.5, 0.6) is 0 Å². The fourth-order valence-electron chi connectivity index (χ4n) is 4.46. The molecule has 0 aromatic heterocycles. The maximum Gasteiger partial charge on any atom is 0.159 e. The van der Waals surface area contributed by atoms with E-state index in [-0.39, 0.29) is 21.7 Å². The molecule has 16 heavy (non-hydrogen) atoms. The Bertz CT molecular complexity index is 476. The van der Waals surface area contributed by atoms with Crippen LogP contribution in [0.2, 0.25) is 0 Å². The molecule has 0 spiro atoms. The van der Waals surface area contributed by atoms with Crippen LogP contribution in [-0.4, -0.2) is 24.7 Å². The lowest BCUT2D eigenvalue weighted by atomic mass is 9.66. The molecule has 2 bridgehead atoms. The Hall–Kier alpha value is -0.380. The number of carbonyl (C=O) groups is 1. The van der Waals surface area contributed by atoms with Crippen molar-refractivity contribution in [2.24, 2.45) is 16.7 Å². The average Bonchev–Trinajstić information content (AvgIpc) is 2.44. The van der Waals surface area contributed by atoms with E-state index in [2.05, 4.69) is 13.8 Å². The van der Waals surface area contributed by atoms with Crippen LogP contribution >= 0.6 is 0 Å². The van der Waals surface area contributed by atoms with E-state index >= 15 is 0 Å². The van der Waals surface area contributed by atoms with Gasteiger partial charge in [0, 0.05) is 6.42 Å². The number of rotatable bonds is 1. The number of ketones is 1. The maximum atomic E-state index is 12.2. The molecule has 1 saturated heterocycles. The molecule has 3 fully saturated rings. The second kappa shape index (κ2) is 2.55. The molecule has 2 saturated carbocycles. The number of hydrogen-bond acceptors (Lipinski definition) is 3. The van der Waals surface area contributed by atoms with Gasteiger partial charge >= 0.3 is 0 Å². The number of Topliss-reactive ketones (excluding diaryl/α,β-unsaturated/α-hetero) is 1. The quantitative estimate of drug-likeness (QED) is 0.656. The molecule has 0 aromatic carbocycles. The van der Waals surface area contributed by atoms with Crippen LogP contribution < -0.4 is 0 Å². The highest BCUT2D eigenvalue weighted by Crippen LogP contribution is 2.70. The second-order valence-electron chi connectivity index (χ2n) is 6.27. The largest absolute Gasteiger partial charge is 0.299 e. The summed E-state index contributed by atoms with van der Waals surface area (Å²) in [6.07, 6.45) is 2.42. The minimum Gasteiger partial charge on any atom is -0.299 e. The fourth-order valence-corrected chi connectivity index (χ4v) is 6.87. The Labute approximate surface area is 96.5 Å². The molecule has 1 heterocycles. The molecule has 0 aromatic rings. The zero-order chi connectivity index (χ0) is 11.9. The molecule has 3 nitrogen and oxygen atoms in total. The third kappa shape index (κ3) is 0.847. The summed E-state index contributed by atoms with van der Waals surface area (Å²) >= 11 is 0. The molecule has 0 radical (unpaired) electrons. The van der Waals surface area contributed by atoms with Crippen molar-refractivity contribution in [3.05, 3.63) is 0 Å². The molecule has 2 aliphatic carbocycles. The monoisotopic (exact) mass is 242 g/mol. The SMILES string of the molecule is C[C@@H]1[C@@H](C23CCC(CC2=O)C3(C)C)S1(=O)=O. The van der Waals surface area contributed by atoms with E-state index in [1.54, 1.807) is 6.92 Å². The van der Waals surface area contributed by atoms with Crippen molar-refractivity contribution in [2.75, 3.05) is 0 Å². The predicted molar refractivity (Wildman–Crippen MR) is 60.7 cm³/mol. The summed E-state index contributed by atoms with van der Waals surface area (Å²) in [6.45, 7) is 5.94. The third-order valence-electron chi connectivity index (χ3n) is 5.69. The van der Waals surface area contributed by atoms with E-state index in [0.717, 1.165) is 12.8 Å². The highest BCUT2D eigenvalue weighted by atomic mass is 32.2. The van der Waals surface area contributed by atoms with Gasteiger partial charge in [-0.25, -0.2) is 8.42 Å². The highest BCUT2D eigenvalue weighted by molar-refractivity contribution is 8.00. The molecule has 2 unspecified atom stereocenters. The Morgan fingerprint density at radius 3 is 2.19 bits per heavy atom. The van der Waals surface area contributed by atoms with Crippen LogP contribution in [0.15, 0.2) is 0 Å². The van der Waals surface area contributed by atoms with Gasteiger partial charge in [-0.15, -0.1) is 0 Å². The van der Waals surface area contributed by atoms with E-state index in [1.165, 1.54) is 0 Å². The number of carbonyl (C=O) groups excluding carboxylic acids is 1. The van der Waals surface area contributed by atoms with E-state index in [0.29, 0.717) is 12.3 Å². The molecular formula is C12H18O3S. The Kier molecular flexibility index (Phi) is 1.71. The van der Waals surface area contributed by atoms with Crippen molar-refractivity contribution in [3.8, 4) is 0 Å². The summed E-state index contributed by atoms with van der Waals surface area (Å²) in [6, 6.07) is 0. The lowest BCUT2D eigenvalue weighted by Gasteiger charge is -2.35. The first-order chi connectivity index (χ1) is 7.26. The summed E-state index contributed by atoms with van der Waals surface area (Å²) in [5.41, 5.74) is -0.664. The number of sulfone groups is 1. The summed E-state index contributed by atoms with van der Waals surface area (Å²) in [4.78, 5) is 12.2. The van der Waals surface area contributed by atoms with E-state index in [4.69, 9.17) is 0 Å². The molecule has 0 amide bonds. The van der Waals surface area contributed by atoms with Crippen molar-refractivity contribution < 1.29 is 13.2 Å². The van der Waals surface area contributed by atoms with Gasteiger partial charge < -0.3 is 0 Å². The molecule has 0 N–H and O–H groups in total. The van der Waals surface area contributed by atoms with Crippen molar-refractivity contribution in [2.45, 2.75) is 50.5 Å². The van der Waals surface area contributed by atoms with Crippen LogP contribution in [0, 0.1) is 16.7 Å². The van der Waals surface area contributed by atoms with Gasteiger partial charge in [-0.1, -0.05) is 13.8 Å². The zero-order valence-corrected chi connectivity index (χ0v) is 10.8. The lowest BCUT2D eigenvalue weighted by Crippen LogP contribution is -2.42. The standard InChI is InChI=1S/C12H18O3S/c1-7-10(16(7,14)15)12-5-4-8(6-9(12)13)11(12,2)3/h7-8,10H,4-6H2,1-3H3/t7-,8?,10+,12?/m1/s1. The van der Waals surface area contributed by atoms with E-state index < -0.39 is 15.3 Å². The second-order valence-corrected chi connectivity index (χ2v) is 8.70. The molecule has 4 heteroatoms. The fraction of sp³-hybridized carbons (Fsp3) is 0.917. The van der Waals surface area contributed by atoms with Crippen molar-refractivity contribution in [1.29, 1.82) is 0 Å². The van der Waals surface area contributed by atoms with Crippen LogP contribution in [-0.2, 0) is 14.6 Å². The lowest BCUT2D eigenvalue weighted by molar-refractivity contribution is -0.129. The van der Waals surface area contributed by atoms with Gasteiger partial charge in [0.05, 0.1) is 15.9 Å². The third-order valence-corrected chi connectivity index (χ3v) is 8.21. The first-order valence-corrected chi connectivity index (χ1v) is 7.63. The van der Waals surface area contributed by atoms with E-state index in [9.17, 15) is 13.2 Å². The molecule has 3 rings (SSSR count). The molecule has 1 aliphatic heterocycles. The summed E-state index contributed by atoms with van der Waals surface area (Å²) in [7, 11) is -2.99. The summed E-state index contributed by atoms with van der Waals surface area (Å²) < 4.78 is 23.7. The summed E-state index contributed by atoms with van der Waals surface area (Å²) in [5, 5.41) is -0.678. The van der Waals surface area contributed by atoms with Gasteiger partial charge in [-0.05, 0) is 31.1 Å². The van der Waals surface area contributed by atoms with Gasteiger partial charge in [-0.3, -0.25) is 4.79 Å². The van der Waals surface area contributed by atoms with Crippen molar-refractivity contribution in [3.63, 3.8) is 0 Å². The molecule has 3 aliphatic rings. The normalized spacial score (nSPS) is 51.9. The molecule has 90 valence electrons. The predicted octanol–water partition coefficient (Wildman–Crippen LogP) is 1.57. The van der Waals surface area contributed by atoms with Crippen LogP contribution in [0.3, 0.4) is 0 Å². The molecular weight excluding hydrogens is 224 g/mol. The van der Waals surface area contributed by atoms with Gasteiger partial charge in [0.15, 0.2) is 9.84 Å². The van der Waals surface area contributed by atoms with Gasteiger partial charge in [0.2, 0.25) is 0 Å². The first-order valence-electron chi connectivity index (χ1n) is 6.02. The Morgan fingerprint density at radius 2 is 1.88 bits per heavy atom. The molecule has 4 atom stereocenters. The van der Waals surface area contributed by atoms with Crippen LogP contribution in [0.1, 0.15) is 40.0 Å². The van der Waals surface area contributed by atoms with E-state index in [1.807, 2.05) is 0 Å². The number of hydrogen-bond donors (Lipinski definition) is 0.